The number of nitrogens with zero attached hydrogens (tertiary/aromatic N) is 2. The zero-order valence-corrected chi connectivity index (χ0v) is 9.61. The number of hydrogen-bond acceptors (Lipinski definition) is 3. The first-order chi connectivity index (χ1) is 6.11. The van der Waals surface area contributed by atoms with Gasteiger partial charge in [-0.2, -0.15) is 0 Å². The first-order valence-corrected chi connectivity index (χ1v) is 5.55. The standard InChI is InChI=1S/C9H13ClN2S/c1-4-7(3)13-8-5-6(2)11-9(10)12-8/h5,7H,4H2,1-3H3. The van der Waals surface area contributed by atoms with Crippen LogP contribution in [-0.4, -0.2) is 15.2 Å². The molecule has 0 fully saturated rings. The predicted molar refractivity (Wildman–Crippen MR) is 57.4 cm³/mol. The van der Waals surface area contributed by atoms with Crippen LogP contribution in [0.2, 0.25) is 5.28 Å². The van der Waals surface area contributed by atoms with Gasteiger partial charge >= 0.3 is 0 Å². The molecule has 1 aromatic rings. The molecule has 0 amide bonds. The Labute approximate surface area is 88.1 Å². The second-order valence-corrected chi connectivity index (χ2v) is 4.75. The minimum Gasteiger partial charge on any atom is -0.223 e. The van der Waals surface area contributed by atoms with Crippen LogP contribution < -0.4 is 0 Å². The van der Waals surface area contributed by atoms with Crippen molar-refractivity contribution >= 4 is 23.4 Å². The van der Waals surface area contributed by atoms with Crippen molar-refractivity contribution in [3.05, 3.63) is 17.0 Å². The van der Waals surface area contributed by atoms with Crippen LogP contribution in [0.1, 0.15) is 26.0 Å². The quantitative estimate of drug-likeness (QED) is 0.440. The molecule has 1 unspecified atom stereocenters. The van der Waals surface area contributed by atoms with Crippen molar-refractivity contribution in [2.75, 3.05) is 0 Å². The summed E-state index contributed by atoms with van der Waals surface area (Å²) in [4.78, 5) is 8.15. The van der Waals surface area contributed by atoms with Crippen LogP contribution in [0.4, 0.5) is 0 Å². The van der Waals surface area contributed by atoms with Crippen molar-refractivity contribution in [2.24, 2.45) is 0 Å². The molecule has 13 heavy (non-hydrogen) atoms. The largest absolute Gasteiger partial charge is 0.223 e. The van der Waals surface area contributed by atoms with Gasteiger partial charge in [0.05, 0.1) is 0 Å². The lowest BCUT2D eigenvalue weighted by Crippen LogP contribution is -1.95. The molecule has 0 aliphatic heterocycles. The first kappa shape index (κ1) is 10.8. The molecule has 1 atom stereocenters. The van der Waals surface area contributed by atoms with Crippen molar-refractivity contribution in [1.29, 1.82) is 0 Å². The molecule has 0 N–H and O–H groups in total. The number of aromatic nitrogens is 2. The maximum absolute atomic E-state index is 5.74. The first-order valence-electron chi connectivity index (χ1n) is 4.29. The molecule has 2 nitrogen and oxygen atoms in total. The molecule has 0 aliphatic rings. The molecular weight excluding hydrogens is 204 g/mol. The Balaban J connectivity index is 2.77. The number of thioether (sulfide) groups is 1. The predicted octanol–water partition coefficient (Wildman–Crippen LogP) is 3.33. The summed E-state index contributed by atoms with van der Waals surface area (Å²) >= 11 is 7.48. The average molecular weight is 217 g/mol. The van der Waals surface area contributed by atoms with E-state index < -0.39 is 0 Å². The van der Waals surface area contributed by atoms with Gasteiger partial charge in [0.25, 0.3) is 0 Å². The van der Waals surface area contributed by atoms with E-state index in [4.69, 9.17) is 11.6 Å². The highest BCUT2D eigenvalue weighted by Gasteiger charge is 2.05. The van der Waals surface area contributed by atoms with Crippen molar-refractivity contribution in [2.45, 2.75) is 37.5 Å². The summed E-state index contributed by atoms with van der Waals surface area (Å²) in [6, 6.07) is 1.96. The molecule has 0 radical (unpaired) electrons. The number of halogens is 1. The lowest BCUT2D eigenvalue weighted by atomic mass is 10.4. The summed E-state index contributed by atoms with van der Waals surface area (Å²) in [5, 5.41) is 1.88. The second-order valence-electron chi connectivity index (χ2n) is 2.95. The lowest BCUT2D eigenvalue weighted by molar-refractivity contribution is 0.897. The molecular formula is C9H13ClN2S. The van der Waals surface area contributed by atoms with E-state index >= 15 is 0 Å². The minimum atomic E-state index is 0.339. The van der Waals surface area contributed by atoms with E-state index in [0.717, 1.165) is 17.1 Å². The van der Waals surface area contributed by atoms with Crippen molar-refractivity contribution in [3.63, 3.8) is 0 Å². The second kappa shape index (κ2) is 4.82. The molecule has 0 saturated heterocycles. The van der Waals surface area contributed by atoms with E-state index in [1.807, 2.05) is 13.0 Å². The van der Waals surface area contributed by atoms with Gasteiger partial charge < -0.3 is 0 Å². The minimum absolute atomic E-state index is 0.339. The highest BCUT2D eigenvalue weighted by Crippen LogP contribution is 2.24. The molecule has 0 spiro atoms. The van der Waals surface area contributed by atoms with Gasteiger partial charge in [0, 0.05) is 10.9 Å². The summed E-state index contributed by atoms with van der Waals surface area (Å²) in [6.45, 7) is 6.26. The smallest absolute Gasteiger partial charge is 0.223 e. The van der Waals surface area contributed by atoms with Crippen LogP contribution in [0.25, 0.3) is 0 Å². The third-order valence-electron chi connectivity index (χ3n) is 1.70. The summed E-state index contributed by atoms with van der Waals surface area (Å²) in [5.41, 5.74) is 0.922. The summed E-state index contributed by atoms with van der Waals surface area (Å²) in [5.74, 6) is 0. The van der Waals surface area contributed by atoms with Crippen LogP contribution >= 0.6 is 23.4 Å². The van der Waals surface area contributed by atoms with E-state index in [1.54, 1.807) is 11.8 Å². The topological polar surface area (TPSA) is 25.8 Å². The van der Waals surface area contributed by atoms with Crippen LogP contribution in [-0.2, 0) is 0 Å². The molecule has 1 rings (SSSR count). The van der Waals surface area contributed by atoms with Crippen LogP contribution in [0.15, 0.2) is 11.1 Å². The Hall–Kier alpha value is -0.280. The Bertz CT molecular complexity index is 271. The number of rotatable bonds is 3. The normalized spacial score (nSPS) is 12.9. The lowest BCUT2D eigenvalue weighted by Gasteiger charge is -2.07. The van der Waals surface area contributed by atoms with Crippen LogP contribution in [0, 0.1) is 6.92 Å². The van der Waals surface area contributed by atoms with Crippen LogP contribution in [0.5, 0.6) is 0 Å². The summed E-state index contributed by atoms with van der Waals surface area (Å²) < 4.78 is 0. The Morgan fingerprint density at radius 2 is 2.23 bits per heavy atom. The Kier molecular flexibility index (Phi) is 4.00. The van der Waals surface area contributed by atoms with Gasteiger partial charge in [-0.1, -0.05) is 13.8 Å². The van der Waals surface area contributed by atoms with Gasteiger partial charge in [0.2, 0.25) is 5.28 Å². The van der Waals surface area contributed by atoms with Gasteiger partial charge in [-0.05, 0) is 31.0 Å². The van der Waals surface area contributed by atoms with E-state index in [-0.39, 0.29) is 0 Å². The molecule has 4 heteroatoms. The van der Waals surface area contributed by atoms with Crippen molar-refractivity contribution < 1.29 is 0 Å². The van der Waals surface area contributed by atoms with E-state index in [1.165, 1.54) is 0 Å². The molecule has 0 saturated carbocycles. The maximum atomic E-state index is 5.74. The SMILES string of the molecule is CCC(C)Sc1cc(C)nc(Cl)n1. The monoisotopic (exact) mass is 216 g/mol. The average Bonchev–Trinajstić information content (AvgIpc) is 2.02. The molecule has 72 valence electrons. The number of hydrogen-bond donors (Lipinski definition) is 0. The highest BCUT2D eigenvalue weighted by atomic mass is 35.5. The Morgan fingerprint density at radius 3 is 2.77 bits per heavy atom. The van der Waals surface area contributed by atoms with E-state index in [2.05, 4.69) is 23.8 Å². The molecule has 0 aliphatic carbocycles. The third kappa shape index (κ3) is 3.53. The number of aryl methyl sites for hydroxylation is 1. The van der Waals surface area contributed by atoms with E-state index in [9.17, 15) is 0 Å². The molecule has 0 aromatic carbocycles. The van der Waals surface area contributed by atoms with Gasteiger partial charge in [0.15, 0.2) is 0 Å². The Morgan fingerprint density at radius 1 is 1.54 bits per heavy atom. The van der Waals surface area contributed by atoms with Crippen LogP contribution in [0.3, 0.4) is 0 Å². The van der Waals surface area contributed by atoms with Gasteiger partial charge in [0.1, 0.15) is 5.03 Å². The third-order valence-corrected chi connectivity index (χ3v) is 3.06. The molecule has 1 heterocycles. The van der Waals surface area contributed by atoms with Gasteiger partial charge in [-0.3, -0.25) is 0 Å². The summed E-state index contributed by atoms with van der Waals surface area (Å²) in [7, 11) is 0. The van der Waals surface area contributed by atoms with Gasteiger partial charge in [-0.15, -0.1) is 11.8 Å². The summed E-state index contributed by atoms with van der Waals surface area (Å²) in [6.07, 6.45) is 1.13. The van der Waals surface area contributed by atoms with Gasteiger partial charge in [-0.25, -0.2) is 9.97 Å². The fraction of sp³-hybridized carbons (Fsp3) is 0.556. The molecule has 0 bridgehead atoms. The molecule has 1 aromatic heterocycles. The van der Waals surface area contributed by atoms with Crippen molar-refractivity contribution in [1.82, 2.24) is 9.97 Å². The zero-order valence-electron chi connectivity index (χ0n) is 8.04. The van der Waals surface area contributed by atoms with E-state index in [0.29, 0.717) is 10.5 Å². The fourth-order valence-corrected chi connectivity index (χ4v) is 2.09. The highest BCUT2D eigenvalue weighted by molar-refractivity contribution is 7.99. The maximum Gasteiger partial charge on any atom is 0.223 e. The van der Waals surface area contributed by atoms with Crippen molar-refractivity contribution in [3.8, 4) is 0 Å². The zero-order chi connectivity index (χ0) is 9.84. The fourth-order valence-electron chi connectivity index (χ4n) is 0.855.